The number of anilines is 2. The Morgan fingerprint density at radius 2 is 1.81 bits per heavy atom. The fraction of sp³-hybridized carbons (Fsp3) is 0.353. The summed E-state index contributed by atoms with van der Waals surface area (Å²) in [6.45, 7) is 0.338. The third kappa shape index (κ3) is 11.0. The van der Waals surface area contributed by atoms with E-state index in [-0.39, 0.29) is 22.9 Å². The van der Waals surface area contributed by atoms with E-state index in [1.165, 1.54) is 6.33 Å². The summed E-state index contributed by atoms with van der Waals surface area (Å²) >= 11 is 6.78. The molecule has 2 heterocycles. The van der Waals surface area contributed by atoms with Gasteiger partial charge in [0.25, 0.3) is 0 Å². The Bertz CT molecular complexity index is 2020. The number of hydrogen-bond donors (Lipinski definition) is 1. The number of ether oxygens (including phenoxy) is 3. The number of rotatable bonds is 10. The van der Waals surface area contributed by atoms with Gasteiger partial charge in [0.2, 0.25) is 5.88 Å². The Labute approximate surface area is 309 Å². The van der Waals surface area contributed by atoms with Gasteiger partial charge in [0, 0.05) is 29.9 Å². The number of halogens is 5. The highest BCUT2D eigenvalue weighted by Gasteiger charge is 2.37. The molecule has 284 valence electrons. The molecule has 2 aromatic heterocycles. The number of pyridine rings is 1. The SMILES string of the molecule is COc1ccc(CN(c2ccncn2)c2ccc(O[C@H]3CC[C@H](c4cc(C(F)(F)F)ccc4F)C[C@@H]3N(C)C)nc2Cl)c(OC)c1.NC(=O)N=S(=O)=O. The summed E-state index contributed by atoms with van der Waals surface area (Å²) < 4.78 is 93.1. The number of likely N-dealkylation sites (N-methyl/N-ethyl adjacent to an activating group) is 1. The zero-order chi connectivity index (χ0) is 38.9. The molecule has 4 aromatic rings. The first kappa shape index (κ1) is 40.7. The van der Waals surface area contributed by atoms with Crippen molar-refractivity contribution < 1.29 is 45.0 Å². The molecule has 0 spiro atoms. The van der Waals surface area contributed by atoms with Gasteiger partial charge in [0.15, 0.2) is 5.15 Å². The minimum absolute atomic E-state index is 0.0731. The molecule has 5 rings (SSSR count). The van der Waals surface area contributed by atoms with Gasteiger partial charge in [-0.3, -0.25) is 0 Å². The van der Waals surface area contributed by atoms with Gasteiger partial charge in [0.05, 0.1) is 32.0 Å². The van der Waals surface area contributed by atoms with E-state index in [0.717, 1.165) is 23.8 Å². The molecule has 0 saturated heterocycles. The van der Waals surface area contributed by atoms with Gasteiger partial charge in [-0.25, -0.2) is 19.2 Å². The van der Waals surface area contributed by atoms with E-state index >= 15 is 0 Å². The fourth-order valence-electron chi connectivity index (χ4n) is 5.91. The zero-order valence-corrected chi connectivity index (χ0v) is 30.5. The first-order chi connectivity index (χ1) is 25.1. The van der Waals surface area contributed by atoms with Crippen molar-refractivity contribution in [2.75, 3.05) is 33.2 Å². The van der Waals surface area contributed by atoms with Gasteiger partial charge in [-0.15, -0.1) is 0 Å². The number of nitrogens with two attached hydrogens (primary N) is 1. The molecule has 3 atom stereocenters. The molecule has 0 aliphatic heterocycles. The lowest BCUT2D eigenvalue weighted by molar-refractivity contribution is -0.137. The van der Waals surface area contributed by atoms with E-state index in [9.17, 15) is 30.8 Å². The number of hydrogen-bond acceptors (Lipinski definition) is 11. The predicted octanol–water partition coefficient (Wildman–Crippen LogP) is 6.81. The highest BCUT2D eigenvalue weighted by Crippen LogP contribution is 2.41. The second-order valence-electron chi connectivity index (χ2n) is 11.9. The number of nitrogens with zero attached hydrogens (tertiary/aromatic N) is 6. The Balaban J connectivity index is 0.000000815. The van der Waals surface area contributed by atoms with Crippen molar-refractivity contribution in [3.05, 3.63) is 94.8 Å². The van der Waals surface area contributed by atoms with Crippen LogP contribution in [0.1, 0.15) is 41.9 Å². The topological polar surface area (TPSA) is 162 Å². The van der Waals surface area contributed by atoms with Crippen LogP contribution in [-0.2, 0) is 23.2 Å². The normalized spacial score (nSPS) is 16.9. The number of primary amides is 1. The minimum Gasteiger partial charge on any atom is -0.497 e. The molecule has 19 heteroatoms. The largest absolute Gasteiger partial charge is 0.497 e. The van der Waals surface area contributed by atoms with Crippen LogP contribution in [0.2, 0.25) is 5.15 Å². The third-order valence-corrected chi connectivity index (χ3v) is 8.98. The summed E-state index contributed by atoms with van der Waals surface area (Å²) in [6.07, 6.45) is -0.496. The standard InChI is InChI=1S/C33H34ClF4N5O3.CH2N2O3S/c1-42(2)27-15-20(24-16-22(33(36,37)38)7-9-25(24)35)6-11-28(27)46-31-12-10-26(32(34)41-31)43(30-13-14-39-19-40-30)18-21-5-8-23(44-3)17-29(21)45-4;2-1(4)3-7(5)6/h5,7-10,12-14,16-17,19-20,27-28H,6,11,15,18H2,1-4H3;(H2,2,4)/t20-,27-,28-;/m0./s1. The van der Waals surface area contributed by atoms with E-state index < -0.39 is 40.0 Å². The van der Waals surface area contributed by atoms with E-state index in [1.807, 2.05) is 36.0 Å². The van der Waals surface area contributed by atoms with Crippen LogP contribution < -0.4 is 24.8 Å². The van der Waals surface area contributed by atoms with Crippen molar-refractivity contribution in [1.29, 1.82) is 0 Å². The summed E-state index contributed by atoms with van der Waals surface area (Å²) in [4.78, 5) is 26.3. The van der Waals surface area contributed by atoms with Crippen LogP contribution in [0, 0.1) is 5.82 Å². The maximum Gasteiger partial charge on any atom is 0.416 e. The molecule has 0 radical (unpaired) electrons. The van der Waals surface area contributed by atoms with Gasteiger partial charge in [0.1, 0.15) is 35.6 Å². The molecule has 13 nitrogen and oxygen atoms in total. The van der Waals surface area contributed by atoms with Gasteiger partial charge >= 0.3 is 22.7 Å². The summed E-state index contributed by atoms with van der Waals surface area (Å²) in [5.74, 6) is 1.11. The van der Waals surface area contributed by atoms with Crippen LogP contribution in [0.3, 0.4) is 0 Å². The van der Waals surface area contributed by atoms with Crippen LogP contribution in [0.4, 0.5) is 33.9 Å². The Morgan fingerprint density at radius 1 is 1.06 bits per heavy atom. The molecule has 1 saturated carbocycles. The first-order valence-electron chi connectivity index (χ1n) is 15.8. The van der Waals surface area contributed by atoms with Crippen molar-refractivity contribution >= 4 is 39.6 Å². The highest BCUT2D eigenvalue weighted by atomic mass is 35.5. The highest BCUT2D eigenvalue weighted by molar-refractivity contribution is 7.62. The lowest BCUT2D eigenvalue weighted by Crippen LogP contribution is -2.46. The van der Waals surface area contributed by atoms with Crippen LogP contribution in [0.15, 0.2) is 71.5 Å². The number of methoxy groups -OCH3 is 2. The molecule has 2 amide bonds. The van der Waals surface area contributed by atoms with Crippen molar-refractivity contribution in [3.63, 3.8) is 0 Å². The van der Waals surface area contributed by atoms with Crippen LogP contribution in [0.5, 0.6) is 17.4 Å². The third-order valence-electron chi connectivity index (χ3n) is 8.38. The molecule has 1 aliphatic carbocycles. The number of aromatic nitrogens is 3. The number of carbonyl (C=O) groups is 1. The molecule has 0 bridgehead atoms. The number of alkyl halides is 3. The molecule has 2 N–H and O–H groups in total. The Morgan fingerprint density at radius 3 is 2.38 bits per heavy atom. The number of amides is 2. The first-order valence-corrected chi connectivity index (χ1v) is 17.2. The van der Waals surface area contributed by atoms with Crippen molar-refractivity contribution in [1.82, 2.24) is 19.9 Å². The fourth-order valence-corrected chi connectivity index (χ4v) is 6.30. The zero-order valence-electron chi connectivity index (χ0n) is 28.9. The van der Waals surface area contributed by atoms with Crippen molar-refractivity contribution in [2.45, 2.75) is 50.0 Å². The minimum atomic E-state index is -4.55. The van der Waals surface area contributed by atoms with Crippen LogP contribution in [0.25, 0.3) is 0 Å². The lowest BCUT2D eigenvalue weighted by atomic mass is 9.78. The average Bonchev–Trinajstić information content (AvgIpc) is 3.11. The number of benzene rings is 2. The van der Waals surface area contributed by atoms with E-state index in [2.05, 4.69) is 25.0 Å². The van der Waals surface area contributed by atoms with Gasteiger partial charge in [-0.1, -0.05) is 16.0 Å². The smallest absolute Gasteiger partial charge is 0.416 e. The van der Waals surface area contributed by atoms with Gasteiger partial charge < -0.3 is 29.7 Å². The average molecular weight is 782 g/mol. The van der Waals surface area contributed by atoms with Crippen LogP contribution >= 0.6 is 11.6 Å². The Hall–Kier alpha value is -5.07. The molecule has 1 aliphatic rings. The van der Waals surface area contributed by atoms with Crippen LogP contribution in [-0.4, -0.2) is 74.8 Å². The van der Waals surface area contributed by atoms with E-state index in [4.69, 9.17) is 25.8 Å². The number of carbonyl (C=O) groups excluding carboxylic acids is 1. The van der Waals surface area contributed by atoms with Crippen molar-refractivity contribution in [3.8, 4) is 17.4 Å². The Kier molecular flexibility index (Phi) is 13.9. The summed E-state index contributed by atoms with van der Waals surface area (Å²) in [5.41, 5.74) is 4.93. The molecule has 1 fully saturated rings. The van der Waals surface area contributed by atoms with Crippen molar-refractivity contribution in [2.24, 2.45) is 10.1 Å². The maximum absolute atomic E-state index is 14.7. The second-order valence-corrected chi connectivity index (χ2v) is 12.8. The molecule has 2 aromatic carbocycles. The second kappa shape index (κ2) is 18.1. The molecular weight excluding hydrogens is 746 g/mol. The van der Waals surface area contributed by atoms with Gasteiger partial charge in [-0.05, 0) is 87.3 Å². The summed E-state index contributed by atoms with van der Waals surface area (Å²) in [6, 6.07) is 12.0. The number of urea groups is 1. The molecular formula is C34H36ClF4N7O6S. The van der Waals surface area contributed by atoms with E-state index in [0.29, 0.717) is 54.7 Å². The summed E-state index contributed by atoms with van der Waals surface area (Å²) in [7, 11) is 4.20. The van der Waals surface area contributed by atoms with Gasteiger partial charge in [-0.2, -0.15) is 26.6 Å². The molecule has 0 unspecified atom stereocenters. The lowest BCUT2D eigenvalue weighted by Gasteiger charge is -2.39. The monoisotopic (exact) mass is 781 g/mol. The molecule has 53 heavy (non-hydrogen) atoms. The predicted molar refractivity (Wildman–Crippen MR) is 187 cm³/mol. The quantitative estimate of drug-likeness (QED) is 0.133. The maximum atomic E-state index is 14.7. The van der Waals surface area contributed by atoms with E-state index in [1.54, 1.807) is 44.7 Å². The summed E-state index contributed by atoms with van der Waals surface area (Å²) in [5, 5.41) is 0.171.